The Morgan fingerprint density at radius 3 is 2.94 bits per heavy atom. The summed E-state index contributed by atoms with van der Waals surface area (Å²) in [6.45, 7) is 5.72. The van der Waals surface area contributed by atoms with E-state index in [0.29, 0.717) is 6.61 Å². The number of para-hydroxylation sites is 1. The SMILES string of the molecule is C=C/C=C/c1ccccc1NC(=O)OCC. The largest absolute Gasteiger partial charge is 0.450 e. The highest BCUT2D eigenvalue weighted by atomic mass is 16.5. The Hall–Kier alpha value is -2.03. The fraction of sp³-hybridized carbons (Fsp3) is 0.154. The zero-order valence-corrected chi connectivity index (χ0v) is 9.27. The van der Waals surface area contributed by atoms with E-state index in [2.05, 4.69) is 11.9 Å². The smallest absolute Gasteiger partial charge is 0.411 e. The number of allylic oxidation sites excluding steroid dienone is 2. The van der Waals surface area contributed by atoms with Crippen molar-refractivity contribution in [2.24, 2.45) is 0 Å². The zero-order valence-electron chi connectivity index (χ0n) is 9.27. The second-order valence-electron chi connectivity index (χ2n) is 3.03. The van der Waals surface area contributed by atoms with Gasteiger partial charge < -0.3 is 4.74 Å². The van der Waals surface area contributed by atoms with E-state index in [0.717, 1.165) is 11.3 Å². The van der Waals surface area contributed by atoms with E-state index in [1.165, 1.54) is 0 Å². The summed E-state index contributed by atoms with van der Waals surface area (Å²) in [6.07, 6.45) is 4.92. The molecule has 0 aliphatic heterocycles. The van der Waals surface area contributed by atoms with Crippen LogP contribution in [0.5, 0.6) is 0 Å². The number of ether oxygens (including phenoxy) is 1. The first-order valence-corrected chi connectivity index (χ1v) is 5.09. The highest BCUT2D eigenvalue weighted by Gasteiger charge is 2.03. The van der Waals surface area contributed by atoms with Crippen molar-refractivity contribution < 1.29 is 9.53 Å². The molecular formula is C13H15NO2. The lowest BCUT2D eigenvalue weighted by molar-refractivity contribution is 0.168. The monoisotopic (exact) mass is 217 g/mol. The Balaban J connectivity index is 2.82. The van der Waals surface area contributed by atoms with Crippen LogP contribution in [0, 0.1) is 0 Å². The molecule has 0 bridgehead atoms. The molecule has 1 aromatic rings. The van der Waals surface area contributed by atoms with Gasteiger partial charge in [0.1, 0.15) is 0 Å². The molecule has 1 rings (SSSR count). The quantitative estimate of drug-likeness (QED) is 0.784. The van der Waals surface area contributed by atoms with Gasteiger partial charge in [-0.3, -0.25) is 5.32 Å². The molecule has 0 aromatic heterocycles. The molecule has 0 heterocycles. The Morgan fingerprint density at radius 2 is 2.25 bits per heavy atom. The first-order valence-electron chi connectivity index (χ1n) is 5.09. The second-order valence-corrected chi connectivity index (χ2v) is 3.03. The van der Waals surface area contributed by atoms with Crippen LogP contribution in [-0.2, 0) is 4.74 Å². The third-order valence-corrected chi connectivity index (χ3v) is 1.88. The van der Waals surface area contributed by atoms with Crippen molar-refractivity contribution in [3.8, 4) is 0 Å². The lowest BCUT2D eigenvalue weighted by Crippen LogP contribution is -2.13. The summed E-state index contributed by atoms with van der Waals surface area (Å²) in [7, 11) is 0. The molecule has 84 valence electrons. The normalized spacial score (nSPS) is 10.1. The van der Waals surface area contributed by atoms with Gasteiger partial charge in [-0.15, -0.1) is 0 Å². The van der Waals surface area contributed by atoms with E-state index < -0.39 is 6.09 Å². The average Bonchev–Trinajstić information content (AvgIpc) is 2.28. The number of nitrogens with one attached hydrogen (secondary N) is 1. The van der Waals surface area contributed by atoms with E-state index in [-0.39, 0.29) is 0 Å². The van der Waals surface area contributed by atoms with Gasteiger partial charge in [-0.05, 0) is 18.6 Å². The molecule has 0 aliphatic rings. The predicted molar refractivity (Wildman–Crippen MR) is 66.3 cm³/mol. The third-order valence-electron chi connectivity index (χ3n) is 1.88. The number of hydrogen-bond acceptors (Lipinski definition) is 2. The van der Waals surface area contributed by atoms with Crippen molar-refractivity contribution in [3.05, 3.63) is 48.6 Å². The van der Waals surface area contributed by atoms with E-state index in [1.54, 1.807) is 13.0 Å². The van der Waals surface area contributed by atoms with Gasteiger partial charge in [-0.2, -0.15) is 0 Å². The van der Waals surface area contributed by atoms with Crippen LogP contribution >= 0.6 is 0 Å². The highest BCUT2D eigenvalue weighted by Crippen LogP contribution is 2.16. The van der Waals surface area contributed by atoms with Crippen molar-refractivity contribution in [2.75, 3.05) is 11.9 Å². The van der Waals surface area contributed by atoms with Gasteiger partial charge in [0, 0.05) is 0 Å². The van der Waals surface area contributed by atoms with Gasteiger partial charge in [0.2, 0.25) is 0 Å². The van der Waals surface area contributed by atoms with Gasteiger partial charge >= 0.3 is 6.09 Å². The van der Waals surface area contributed by atoms with Crippen molar-refractivity contribution in [1.82, 2.24) is 0 Å². The minimum Gasteiger partial charge on any atom is -0.450 e. The molecule has 0 saturated heterocycles. The molecule has 0 saturated carbocycles. The minimum atomic E-state index is -0.443. The van der Waals surface area contributed by atoms with E-state index in [9.17, 15) is 4.79 Å². The minimum absolute atomic E-state index is 0.358. The molecule has 16 heavy (non-hydrogen) atoms. The summed E-state index contributed by atoms with van der Waals surface area (Å²) in [5.74, 6) is 0. The summed E-state index contributed by atoms with van der Waals surface area (Å²) in [4.78, 5) is 11.3. The molecule has 0 unspecified atom stereocenters. The number of hydrogen-bond donors (Lipinski definition) is 1. The Labute approximate surface area is 95.4 Å². The van der Waals surface area contributed by atoms with Crippen LogP contribution in [0.1, 0.15) is 12.5 Å². The zero-order chi connectivity index (χ0) is 11.8. The summed E-state index contributed by atoms with van der Waals surface area (Å²) in [5.41, 5.74) is 1.63. The second kappa shape index (κ2) is 6.45. The molecule has 0 fully saturated rings. The van der Waals surface area contributed by atoms with Crippen LogP contribution in [0.15, 0.2) is 43.0 Å². The molecule has 1 amide bonds. The maximum atomic E-state index is 11.3. The summed E-state index contributed by atoms with van der Waals surface area (Å²) >= 11 is 0. The van der Waals surface area contributed by atoms with Crippen molar-refractivity contribution in [3.63, 3.8) is 0 Å². The molecular weight excluding hydrogens is 202 g/mol. The molecule has 3 nitrogen and oxygen atoms in total. The fourth-order valence-electron chi connectivity index (χ4n) is 1.21. The summed E-state index contributed by atoms with van der Waals surface area (Å²) in [6, 6.07) is 7.48. The van der Waals surface area contributed by atoms with Crippen molar-refractivity contribution in [1.29, 1.82) is 0 Å². The third kappa shape index (κ3) is 3.61. The molecule has 0 atom stereocenters. The number of anilines is 1. The Bertz CT molecular complexity index is 397. The maximum absolute atomic E-state index is 11.3. The van der Waals surface area contributed by atoms with Crippen molar-refractivity contribution in [2.45, 2.75) is 6.92 Å². The van der Waals surface area contributed by atoms with Crippen LogP contribution in [0.2, 0.25) is 0 Å². The van der Waals surface area contributed by atoms with Gasteiger partial charge in [0.05, 0.1) is 12.3 Å². The van der Waals surface area contributed by atoms with Gasteiger partial charge in [-0.25, -0.2) is 4.79 Å². The average molecular weight is 217 g/mol. The summed E-state index contributed by atoms with van der Waals surface area (Å²) in [5, 5.41) is 2.67. The van der Waals surface area contributed by atoms with Crippen LogP contribution in [-0.4, -0.2) is 12.7 Å². The number of rotatable bonds is 4. The molecule has 0 spiro atoms. The van der Waals surface area contributed by atoms with Crippen LogP contribution in [0.3, 0.4) is 0 Å². The molecule has 1 aromatic carbocycles. The highest BCUT2D eigenvalue weighted by molar-refractivity contribution is 5.87. The topological polar surface area (TPSA) is 38.3 Å². The van der Waals surface area contributed by atoms with Crippen LogP contribution in [0.4, 0.5) is 10.5 Å². The first kappa shape index (κ1) is 12.0. The molecule has 1 N–H and O–H groups in total. The van der Waals surface area contributed by atoms with E-state index in [1.807, 2.05) is 36.4 Å². The lowest BCUT2D eigenvalue weighted by atomic mass is 10.1. The van der Waals surface area contributed by atoms with Crippen molar-refractivity contribution >= 4 is 17.9 Å². The molecule has 0 aliphatic carbocycles. The standard InChI is InChI=1S/C13H15NO2/c1-3-5-8-11-9-6-7-10-12(11)14-13(15)16-4-2/h3,5-10H,1,4H2,2H3,(H,14,15)/b8-5+. The number of carbonyl (C=O) groups is 1. The number of amides is 1. The fourth-order valence-corrected chi connectivity index (χ4v) is 1.21. The number of benzene rings is 1. The maximum Gasteiger partial charge on any atom is 0.411 e. The van der Waals surface area contributed by atoms with E-state index in [4.69, 9.17) is 4.74 Å². The predicted octanol–water partition coefficient (Wildman–Crippen LogP) is 3.45. The van der Waals surface area contributed by atoms with E-state index >= 15 is 0 Å². The first-order chi connectivity index (χ1) is 7.77. The Kier molecular flexibility index (Phi) is 4.86. The number of carbonyl (C=O) groups excluding carboxylic acids is 1. The lowest BCUT2D eigenvalue weighted by Gasteiger charge is -2.07. The van der Waals surface area contributed by atoms with Crippen LogP contribution in [0.25, 0.3) is 6.08 Å². The van der Waals surface area contributed by atoms with Crippen LogP contribution < -0.4 is 5.32 Å². The molecule has 3 heteroatoms. The summed E-state index contributed by atoms with van der Waals surface area (Å²) < 4.78 is 4.81. The van der Waals surface area contributed by atoms with Gasteiger partial charge in [0.15, 0.2) is 0 Å². The molecule has 0 radical (unpaired) electrons. The van der Waals surface area contributed by atoms with Gasteiger partial charge in [0.25, 0.3) is 0 Å². The van der Waals surface area contributed by atoms with Gasteiger partial charge in [-0.1, -0.05) is 43.0 Å². The Morgan fingerprint density at radius 1 is 1.50 bits per heavy atom.